The van der Waals surface area contributed by atoms with Crippen LogP contribution in [0.2, 0.25) is 0 Å². The summed E-state index contributed by atoms with van der Waals surface area (Å²) >= 11 is 0. The second-order valence-electron chi connectivity index (χ2n) is 8.30. The van der Waals surface area contributed by atoms with E-state index in [0.717, 1.165) is 57.1 Å². The minimum Gasteiger partial charge on any atom is -0.383 e. The molecule has 0 bridgehead atoms. The number of nitrogens with zero attached hydrogens (tertiary/aromatic N) is 3. The Morgan fingerprint density at radius 2 is 1.80 bits per heavy atom. The van der Waals surface area contributed by atoms with E-state index in [-0.39, 0.29) is 5.82 Å². The topological polar surface area (TPSA) is 84.0 Å². The van der Waals surface area contributed by atoms with Crippen LogP contribution in [-0.4, -0.2) is 53.8 Å². The molecule has 7 nitrogen and oxygen atoms in total. The third-order valence-electron chi connectivity index (χ3n) is 5.89. The number of rotatable bonds is 10. The maximum absolute atomic E-state index is 14.5. The third-order valence-corrected chi connectivity index (χ3v) is 5.89. The number of halogens is 1. The number of methoxy groups -OCH3 is 1. The lowest BCUT2D eigenvalue weighted by atomic mass is 9.91. The Morgan fingerprint density at radius 3 is 2.57 bits per heavy atom. The number of pyridine rings is 1. The van der Waals surface area contributed by atoms with E-state index >= 15 is 0 Å². The van der Waals surface area contributed by atoms with E-state index in [0.29, 0.717) is 29.2 Å². The lowest BCUT2D eigenvalue weighted by molar-refractivity contribution is 0.191. The SMILES string of the molecule is COCCNC1CCC(Nc2cc(-c3cc(NCC4CC4)ncn3)c(F)cn2)CC1. The fraction of sp³-hybridized carbons (Fsp3) is 0.591. The monoisotopic (exact) mass is 414 g/mol. The van der Waals surface area contributed by atoms with Crippen molar-refractivity contribution >= 4 is 11.6 Å². The number of nitrogens with one attached hydrogen (secondary N) is 3. The molecule has 2 aromatic rings. The van der Waals surface area contributed by atoms with Gasteiger partial charge in [-0.25, -0.2) is 19.3 Å². The van der Waals surface area contributed by atoms with Crippen molar-refractivity contribution in [3.8, 4) is 11.3 Å². The molecule has 0 atom stereocenters. The summed E-state index contributed by atoms with van der Waals surface area (Å²) in [7, 11) is 1.72. The highest BCUT2D eigenvalue weighted by Gasteiger charge is 2.22. The van der Waals surface area contributed by atoms with Crippen LogP contribution in [0.5, 0.6) is 0 Å². The molecule has 3 N–H and O–H groups in total. The molecule has 0 aliphatic heterocycles. The van der Waals surface area contributed by atoms with E-state index in [1.54, 1.807) is 13.2 Å². The minimum atomic E-state index is -0.376. The molecule has 0 radical (unpaired) electrons. The van der Waals surface area contributed by atoms with Crippen LogP contribution >= 0.6 is 0 Å². The Morgan fingerprint density at radius 1 is 1.00 bits per heavy atom. The summed E-state index contributed by atoms with van der Waals surface area (Å²) < 4.78 is 19.6. The lowest BCUT2D eigenvalue weighted by Gasteiger charge is -2.30. The van der Waals surface area contributed by atoms with Gasteiger partial charge < -0.3 is 20.7 Å². The van der Waals surface area contributed by atoms with Gasteiger partial charge in [-0.05, 0) is 50.5 Å². The predicted molar refractivity (Wildman–Crippen MR) is 116 cm³/mol. The van der Waals surface area contributed by atoms with Crippen molar-refractivity contribution in [2.75, 3.05) is 37.4 Å². The quantitative estimate of drug-likeness (QED) is 0.514. The van der Waals surface area contributed by atoms with Gasteiger partial charge in [0.25, 0.3) is 0 Å². The molecule has 0 amide bonds. The Kier molecular flexibility index (Phi) is 7.07. The maximum atomic E-state index is 14.5. The number of hydrogen-bond donors (Lipinski definition) is 3. The zero-order valence-corrected chi connectivity index (χ0v) is 17.5. The second-order valence-corrected chi connectivity index (χ2v) is 8.30. The summed E-state index contributed by atoms with van der Waals surface area (Å²) in [6, 6.07) is 4.45. The first-order chi connectivity index (χ1) is 14.7. The van der Waals surface area contributed by atoms with E-state index < -0.39 is 0 Å². The van der Waals surface area contributed by atoms with Crippen molar-refractivity contribution in [2.45, 2.75) is 50.6 Å². The average Bonchev–Trinajstić information content (AvgIpc) is 3.60. The van der Waals surface area contributed by atoms with E-state index in [4.69, 9.17) is 4.74 Å². The molecule has 8 heteroatoms. The van der Waals surface area contributed by atoms with Crippen LogP contribution < -0.4 is 16.0 Å². The van der Waals surface area contributed by atoms with Crippen molar-refractivity contribution in [3.05, 3.63) is 30.5 Å². The van der Waals surface area contributed by atoms with Gasteiger partial charge in [0.15, 0.2) is 5.82 Å². The molecule has 0 spiro atoms. The zero-order chi connectivity index (χ0) is 20.8. The van der Waals surface area contributed by atoms with Crippen LogP contribution in [0.25, 0.3) is 11.3 Å². The van der Waals surface area contributed by atoms with Crippen molar-refractivity contribution in [3.63, 3.8) is 0 Å². The van der Waals surface area contributed by atoms with E-state index in [9.17, 15) is 4.39 Å². The van der Waals surface area contributed by atoms with Gasteiger partial charge in [0, 0.05) is 43.9 Å². The first-order valence-electron chi connectivity index (χ1n) is 10.9. The molecule has 162 valence electrons. The fourth-order valence-electron chi connectivity index (χ4n) is 3.90. The smallest absolute Gasteiger partial charge is 0.151 e. The zero-order valence-electron chi connectivity index (χ0n) is 17.5. The first-order valence-corrected chi connectivity index (χ1v) is 10.9. The highest BCUT2D eigenvalue weighted by Crippen LogP contribution is 2.30. The van der Waals surface area contributed by atoms with Gasteiger partial charge >= 0.3 is 0 Å². The largest absolute Gasteiger partial charge is 0.383 e. The minimum absolute atomic E-state index is 0.345. The first kappa shape index (κ1) is 20.9. The highest BCUT2D eigenvalue weighted by molar-refractivity contribution is 5.65. The summed E-state index contributed by atoms with van der Waals surface area (Å²) in [6.07, 6.45) is 9.62. The van der Waals surface area contributed by atoms with Gasteiger partial charge in [-0.3, -0.25) is 0 Å². The van der Waals surface area contributed by atoms with E-state index in [2.05, 4.69) is 30.9 Å². The van der Waals surface area contributed by atoms with Crippen molar-refractivity contribution in [2.24, 2.45) is 5.92 Å². The highest BCUT2D eigenvalue weighted by atomic mass is 19.1. The molecule has 0 unspecified atom stereocenters. The molecule has 2 aromatic heterocycles. The van der Waals surface area contributed by atoms with Crippen molar-refractivity contribution in [1.29, 1.82) is 0 Å². The van der Waals surface area contributed by atoms with Gasteiger partial charge in [0.05, 0.1) is 18.5 Å². The van der Waals surface area contributed by atoms with Crippen molar-refractivity contribution in [1.82, 2.24) is 20.3 Å². The molecule has 2 aliphatic carbocycles. The van der Waals surface area contributed by atoms with Crippen molar-refractivity contribution < 1.29 is 9.13 Å². The van der Waals surface area contributed by atoms with Gasteiger partial charge in [0.2, 0.25) is 0 Å². The Bertz CT molecular complexity index is 823. The predicted octanol–water partition coefficient (Wildman–Crippen LogP) is 3.46. The van der Waals surface area contributed by atoms with E-state index in [1.807, 2.05) is 6.07 Å². The normalized spacial score (nSPS) is 21.4. The Hall–Kier alpha value is -2.32. The standard InChI is InChI=1S/C22H31FN6O/c1-30-9-8-24-16-4-6-17(7-5-16)29-22-10-18(19(23)13-26-22)20-11-21(28-14-27-20)25-12-15-2-3-15/h10-11,13-17,24H,2-9,12H2,1H3,(H,26,29)(H,25,27,28). The molecule has 4 rings (SSSR count). The number of anilines is 2. The van der Waals surface area contributed by atoms with Crippen LogP contribution in [0.3, 0.4) is 0 Å². The molecule has 2 heterocycles. The van der Waals surface area contributed by atoms with Crippen LogP contribution in [-0.2, 0) is 4.74 Å². The molecular weight excluding hydrogens is 383 g/mol. The second kappa shape index (κ2) is 10.1. The molecule has 2 fully saturated rings. The molecule has 0 saturated heterocycles. The number of hydrogen-bond acceptors (Lipinski definition) is 7. The van der Waals surface area contributed by atoms with Gasteiger partial charge in [0.1, 0.15) is 18.0 Å². The van der Waals surface area contributed by atoms with E-state index in [1.165, 1.54) is 25.4 Å². The van der Waals surface area contributed by atoms with Crippen LogP contribution in [0.4, 0.5) is 16.0 Å². The van der Waals surface area contributed by atoms with Gasteiger partial charge in [-0.1, -0.05) is 0 Å². The summed E-state index contributed by atoms with van der Waals surface area (Å²) in [5.74, 6) is 1.78. The van der Waals surface area contributed by atoms with Crippen LogP contribution in [0.1, 0.15) is 38.5 Å². The molecule has 2 aliphatic rings. The maximum Gasteiger partial charge on any atom is 0.151 e. The lowest BCUT2D eigenvalue weighted by Crippen LogP contribution is -2.38. The average molecular weight is 415 g/mol. The Balaban J connectivity index is 1.36. The number of ether oxygens (including phenoxy) is 1. The summed E-state index contributed by atoms with van der Waals surface area (Å²) in [6.45, 7) is 2.53. The van der Waals surface area contributed by atoms with Crippen LogP contribution in [0.15, 0.2) is 24.7 Å². The van der Waals surface area contributed by atoms with Crippen LogP contribution in [0, 0.1) is 11.7 Å². The molecule has 30 heavy (non-hydrogen) atoms. The summed E-state index contributed by atoms with van der Waals surface area (Å²) in [5.41, 5.74) is 1.01. The molecule has 2 saturated carbocycles. The Labute approximate surface area is 177 Å². The molecule has 0 aromatic carbocycles. The van der Waals surface area contributed by atoms with Gasteiger partial charge in [-0.15, -0.1) is 0 Å². The van der Waals surface area contributed by atoms with Gasteiger partial charge in [-0.2, -0.15) is 0 Å². The fourth-order valence-corrected chi connectivity index (χ4v) is 3.90. The molecular formula is C22H31FN6O. The summed E-state index contributed by atoms with van der Waals surface area (Å²) in [5, 5.41) is 10.3. The number of aromatic nitrogens is 3. The third kappa shape index (κ3) is 5.86. The summed E-state index contributed by atoms with van der Waals surface area (Å²) in [4.78, 5) is 12.8.